The largest absolute Gasteiger partial charge is 0.467 e. The van der Waals surface area contributed by atoms with E-state index in [-0.39, 0.29) is 18.5 Å². The number of carbonyl (C=O) groups excluding carboxylic acids is 3. The van der Waals surface area contributed by atoms with Gasteiger partial charge < -0.3 is 19.7 Å². The molecular formula is C17H27N3O5. The molecule has 1 N–H and O–H groups in total. The maximum Gasteiger partial charge on any atom is 0.408 e. The van der Waals surface area contributed by atoms with Gasteiger partial charge in [0.2, 0.25) is 5.91 Å². The third kappa shape index (κ3) is 4.93. The van der Waals surface area contributed by atoms with Crippen LogP contribution in [0.4, 0.5) is 4.79 Å². The van der Waals surface area contributed by atoms with E-state index in [4.69, 9.17) is 9.47 Å². The molecule has 8 heteroatoms. The van der Waals surface area contributed by atoms with Gasteiger partial charge in [-0.15, -0.1) is 0 Å². The molecule has 0 aromatic heterocycles. The molecule has 2 amide bonds. The number of ether oxygens (including phenoxy) is 2. The zero-order valence-electron chi connectivity index (χ0n) is 15.3. The standard InChI is InChI=1S/C17H27N3O5/c1-17(2,3)25-16(23)19-12-10-18-9-5-6-11-7-8-13(15(22)24-4)20(11)14(12)21/h9,11-13H,5-8,10H2,1-4H3,(H,19,23)/t11-,12-,13-/m0/s1. The molecule has 0 saturated carbocycles. The van der Waals surface area contributed by atoms with Crippen molar-refractivity contribution >= 4 is 24.2 Å². The molecule has 25 heavy (non-hydrogen) atoms. The van der Waals surface area contributed by atoms with E-state index in [1.807, 2.05) is 0 Å². The minimum Gasteiger partial charge on any atom is -0.467 e. The topological polar surface area (TPSA) is 97.3 Å². The van der Waals surface area contributed by atoms with Gasteiger partial charge in [-0.2, -0.15) is 0 Å². The number of aliphatic imine (C=N–C) groups is 1. The maximum absolute atomic E-state index is 13.0. The molecule has 2 rings (SSSR count). The van der Waals surface area contributed by atoms with Crippen molar-refractivity contribution in [1.82, 2.24) is 10.2 Å². The van der Waals surface area contributed by atoms with E-state index in [0.717, 1.165) is 19.3 Å². The Bertz CT molecular complexity index is 555. The van der Waals surface area contributed by atoms with Crippen molar-refractivity contribution in [3.05, 3.63) is 0 Å². The Morgan fingerprint density at radius 2 is 2.00 bits per heavy atom. The molecule has 1 fully saturated rings. The highest BCUT2D eigenvalue weighted by Crippen LogP contribution is 2.29. The van der Waals surface area contributed by atoms with Crippen molar-refractivity contribution in [3.8, 4) is 0 Å². The average molecular weight is 353 g/mol. The lowest BCUT2D eigenvalue weighted by Crippen LogP contribution is -2.55. The molecule has 2 aliphatic heterocycles. The molecule has 0 aromatic carbocycles. The molecule has 8 nitrogen and oxygen atoms in total. The number of methoxy groups -OCH3 is 1. The summed E-state index contributed by atoms with van der Waals surface area (Å²) in [5, 5.41) is 2.59. The van der Waals surface area contributed by atoms with Gasteiger partial charge in [0, 0.05) is 6.04 Å². The van der Waals surface area contributed by atoms with Gasteiger partial charge in [0.25, 0.3) is 0 Å². The average Bonchev–Trinajstić information content (AvgIpc) is 2.95. The van der Waals surface area contributed by atoms with E-state index in [1.165, 1.54) is 7.11 Å². The van der Waals surface area contributed by atoms with Crippen molar-refractivity contribution in [2.24, 2.45) is 4.99 Å². The summed E-state index contributed by atoms with van der Waals surface area (Å²) >= 11 is 0. The summed E-state index contributed by atoms with van der Waals surface area (Å²) < 4.78 is 10.1. The summed E-state index contributed by atoms with van der Waals surface area (Å²) in [6.45, 7) is 5.37. The molecule has 0 spiro atoms. The molecule has 1 saturated heterocycles. The van der Waals surface area contributed by atoms with Crippen LogP contribution in [0.1, 0.15) is 46.5 Å². The smallest absolute Gasteiger partial charge is 0.408 e. The van der Waals surface area contributed by atoms with E-state index < -0.39 is 29.7 Å². The number of rotatable bonds is 2. The predicted molar refractivity (Wildman–Crippen MR) is 91.4 cm³/mol. The van der Waals surface area contributed by atoms with Crippen LogP contribution in [0.2, 0.25) is 0 Å². The summed E-state index contributed by atoms with van der Waals surface area (Å²) in [6, 6.07) is -1.52. The van der Waals surface area contributed by atoms with Crippen molar-refractivity contribution in [2.75, 3.05) is 13.7 Å². The molecule has 0 unspecified atom stereocenters. The Morgan fingerprint density at radius 1 is 1.28 bits per heavy atom. The lowest BCUT2D eigenvalue weighted by molar-refractivity contribution is -0.153. The van der Waals surface area contributed by atoms with Gasteiger partial charge in [0.05, 0.1) is 13.7 Å². The van der Waals surface area contributed by atoms with Gasteiger partial charge in [-0.25, -0.2) is 9.59 Å². The molecule has 140 valence electrons. The summed E-state index contributed by atoms with van der Waals surface area (Å²) in [5.74, 6) is -0.741. The number of amides is 2. The number of esters is 1. The third-order valence-electron chi connectivity index (χ3n) is 4.27. The maximum atomic E-state index is 13.0. The highest BCUT2D eigenvalue weighted by molar-refractivity contribution is 5.91. The highest BCUT2D eigenvalue weighted by Gasteiger charge is 2.44. The fourth-order valence-electron chi connectivity index (χ4n) is 3.22. The van der Waals surface area contributed by atoms with Crippen LogP contribution >= 0.6 is 0 Å². The molecule has 2 heterocycles. The number of hydrogen-bond donors (Lipinski definition) is 1. The van der Waals surface area contributed by atoms with Gasteiger partial charge in [-0.05, 0) is 52.7 Å². The zero-order chi connectivity index (χ0) is 18.6. The minimum atomic E-state index is -0.864. The Balaban J connectivity index is 2.19. The Labute approximate surface area is 147 Å². The summed E-state index contributed by atoms with van der Waals surface area (Å²) in [5.41, 5.74) is -0.667. The first-order chi connectivity index (χ1) is 11.7. The monoisotopic (exact) mass is 353 g/mol. The summed E-state index contributed by atoms with van der Waals surface area (Å²) in [4.78, 5) is 43.0. The van der Waals surface area contributed by atoms with Gasteiger partial charge >= 0.3 is 12.1 Å². The fraction of sp³-hybridized carbons (Fsp3) is 0.765. The third-order valence-corrected chi connectivity index (χ3v) is 4.27. The molecule has 0 aliphatic carbocycles. The summed E-state index contributed by atoms with van der Waals surface area (Å²) in [6.07, 6.45) is 3.86. The van der Waals surface area contributed by atoms with Crippen LogP contribution in [0.5, 0.6) is 0 Å². The van der Waals surface area contributed by atoms with Gasteiger partial charge in [-0.3, -0.25) is 9.79 Å². The number of fused-ring (bicyclic) bond motifs is 1. The van der Waals surface area contributed by atoms with Crippen LogP contribution in [-0.4, -0.2) is 66.5 Å². The van der Waals surface area contributed by atoms with Crippen LogP contribution in [0.15, 0.2) is 4.99 Å². The molecule has 2 aliphatic rings. The number of nitrogens with zero attached hydrogens (tertiary/aromatic N) is 2. The Kier molecular flexibility index (Phi) is 6.02. The van der Waals surface area contributed by atoms with Gasteiger partial charge in [0.15, 0.2) is 0 Å². The van der Waals surface area contributed by atoms with E-state index in [1.54, 1.807) is 31.9 Å². The zero-order valence-corrected chi connectivity index (χ0v) is 15.3. The number of hydrogen-bond acceptors (Lipinski definition) is 6. The van der Waals surface area contributed by atoms with Gasteiger partial charge in [0.1, 0.15) is 17.7 Å². The Morgan fingerprint density at radius 3 is 2.64 bits per heavy atom. The molecule has 0 aromatic rings. The number of alkyl carbamates (subject to hydrolysis) is 1. The quantitative estimate of drug-likeness (QED) is 0.754. The highest BCUT2D eigenvalue weighted by atomic mass is 16.6. The first kappa shape index (κ1) is 19.2. The van der Waals surface area contributed by atoms with Gasteiger partial charge in [-0.1, -0.05) is 0 Å². The van der Waals surface area contributed by atoms with Crippen LogP contribution < -0.4 is 5.32 Å². The van der Waals surface area contributed by atoms with Crippen LogP contribution in [0.3, 0.4) is 0 Å². The van der Waals surface area contributed by atoms with Crippen LogP contribution in [-0.2, 0) is 19.1 Å². The molecular weight excluding hydrogens is 326 g/mol. The van der Waals surface area contributed by atoms with Crippen molar-refractivity contribution in [3.63, 3.8) is 0 Å². The Hall–Kier alpha value is -2.12. The van der Waals surface area contributed by atoms with Crippen LogP contribution in [0.25, 0.3) is 0 Å². The molecule has 3 atom stereocenters. The second kappa shape index (κ2) is 7.84. The SMILES string of the molecule is COC(=O)[C@@H]1CC[C@@H]2CCC=NC[C@H](NC(=O)OC(C)(C)C)C(=O)N21. The number of nitrogens with one attached hydrogen (secondary N) is 1. The minimum absolute atomic E-state index is 0.0518. The van der Waals surface area contributed by atoms with E-state index >= 15 is 0 Å². The predicted octanol–water partition coefficient (Wildman–Crippen LogP) is 1.28. The van der Waals surface area contributed by atoms with Crippen LogP contribution in [0, 0.1) is 0 Å². The second-order valence-electron chi connectivity index (χ2n) is 7.34. The van der Waals surface area contributed by atoms with E-state index in [9.17, 15) is 14.4 Å². The fourth-order valence-corrected chi connectivity index (χ4v) is 3.22. The first-order valence-corrected chi connectivity index (χ1v) is 8.60. The lowest BCUT2D eigenvalue weighted by atomic mass is 10.1. The summed E-state index contributed by atoms with van der Waals surface area (Å²) in [7, 11) is 1.32. The first-order valence-electron chi connectivity index (χ1n) is 8.60. The molecule has 0 radical (unpaired) electrons. The van der Waals surface area contributed by atoms with E-state index in [2.05, 4.69) is 10.3 Å². The molecule has 0 bridgehead atoms. The lowest BCUT2D eigenvalue weighted by Gasteiger charge is -2.32. The van der Waals surface area contributed by atoms with Crippen molar-refractivity contribution in [2.45, 2.75) is 70.2 Å². The second-order valence-corrected chi connectivity index (χ2v) is 7.34. The van der Waals surface area contributed by atoms with E-state index in [0.29, 0.717) is 6.42 Å². The number of carbonyl (C=O) groups is 3. The van der Waals surface area contributed by atoms with Crippen molar-refractivity contribution < 1.29 is 23.9 Å². The normalized spacial score (nSPS) is 27.0. The van der Waals surface area contributed by atoms with Crippen molar-refractivity contribution in [1.29, 1.82) is 0 Å².